The Morgan fingerprint density at radius 2 is 2.07 bits per heavy atom. The summed E-state index contributed by atoms with van der Waals surface area (Å²) >= 11 is 2.06. The highest BCUT2D eigenvalue weighted by molar-refractivity contribution is 7.99. The molecule has 2 fully saturated rings. The topological polar surface area (TPSA) is 33.5 Å². The van der Waals surface area contributed by atoms with Crippen molar-refractivity contribution in [1.82, 2.24) is 0 Å². The molecule has 1 aromatic rings. The number of hydrogen-bond donors (Lipinski definition) is 0. The SMILES string of the molecule is O=Cc1ccc(N2CC3CSCC3C2)o1. The van der Waals surface area contributed by atoms with Gasteiger partial charge in [0.2, 0.25) is 0 Å². The molecule has 0 spiro atoms. The molecule has 3 rings (SSSR count). The zero-order valence-electron chi connectivity index (χ0n) is 8.39. The molecule has 2 aliphatic rings. The number of carbonyl (C=O) groups is 1. The van der Waals surface area contributed by atoms with Crippen LogP contribution in [0.3, 0.4) is 0 Å². The van der Waals surface area contributed by atoms with Gasteiger partial charge in [0.25, 0.3) is 0 Å². The molecular weight excluding hydrogens is 210 g/mol. The van der Waals surface area contributed by atoms with E-state index in [9.17, 15) is 4.79 Å². The highest BCUT2D eigenvalue weighted by atomic mass is 32.2. The van der Waals surface area contributed by atoms with Crippen LogP contribution in [-0.4, -0.2) is 30.9 Å². The van der Waals surface area contributed by atoms with E-state index in [-0.39, 0.29) is 0 Å². The van der Waals surface area contributed by atoms with Gasteiger partial charge in [-0.05, 0) is 29.4 Å². The van der Waals surface area contributed by atoms with Gasteiger partial charge >= 0.3 is 0 Å². The van der Waals surface area contributed by atoms with Crippen LogP contribution in [0.15, 0.2) is 16.5 Å². The van der Waals surface area contributed by atoms with E-state index in [0.29, 0.717) is 5.76 Å². The maximum atomic E-state index is 10.5. The maximum Gasteiger partial charge on any atom is 0.196 e. The number of thioether (sulfide) groups is 1. The lowest BCUT2D eigenvalue weighted by Crippen LogP contribution is -2.20. The van der Waals surface area contributed by atoms with Gasteiger partial charge in [0, 0.05) is 19.2 Å². The van der Waals surface area contributed by atoms with Crippen molar-refractivity contribution in [3.05, 3.63) is 17.9 Å². The lowest BCUT2D eigenvalue weighted by molar-refractivity contribution is 0.110. The average Bonchev–Trinajstić information content (AvgIpc) is 2.91. The van der Waals surface area contributed by atoms with Crippen LogP contribution < -0.4 is 4.90 Å². The van der Waals surface area contributed by atoms with Crippen molar-refractivity contribution in [3.63, 3.8) is 0 Å². The number of aldehydes is 1. The lowest BCUT2D eigenvalue weighted by Gasteiger charge is -2.15. The summed E-state index contributed by atoms with van der Waals surface area (Å²) in [6.45, 7) is 2.17. The molecule has 1 aromatic heterocycles. The van der Waals surface area contributed by atoms with Crippen LogP contribution >= 0.6 is 11.8 Å². The second-order valence-corrected chi connectivity index (χ2v) is 5.33. The van der Waals surface area contributed by atoms with Gasteiger partial charge in [0.05, 0.1) is 0 Å². The Morgan fingerprint density at radius 3 is 2.67 bits per heavy atom. The summed E-state index contributed by atoms with van der Waals surface area (Å²) < 4.78 is 5.43. The standard InChI is InChI=1S/C11H13NO2S/c13-5-10-1-2-11(14-10)12-3-8-6-15-7-9(8)4-12/h1-2,5,8-9H,3-4,6-7H2. The van der Waals surface area contributed by atoms with Gasteiger partial charge in [-0.2, -0.15) is 11.8 Å². The summed E-state index contributed by atoms with van der Waals surface area (Å²) in [5.74, 6) is 5.48. The predicted molar refractivity (Wildman–Crippen MR) is 60.6 cm³/mol. The monoisotopic (exact) mass is 223 g/mol. The van der Waals surface area contributed by atoms with Gasteiger partial charge in [0.15, 0.2) is 17.9 Å². The molecule has 2 saturated heterocycles. The fourth-order valence-corrected chi connectivity index (χ4v) is 3.94. The quantitative estimate of drug-likeness (QED) is 0.717. The van der Waals surface area contributed by atoms with E-state index in [1.807, 2.05) is 6.07 Å². The fourth-order valence-electron chi connectivity index (χ4n) is 2.44. The zero-order valence-corrected chi connectivity index (χ0v) is 9.20. The van der Waals surface area contributed by atoms with Crippen LogP contribution in [0.1, 0.15) is 10.6 Å². The Bertz CT molecular complexity index is 364. The van der Waals surface area contributed by atoms with Gasteiger partial charge in [0.1, 0.15) is 0 Å². The fraction of sp³-hybridized carbons (Fsp3) is 0.545. The van der Waals surface area contributed by atoms with Gasteiger partial charge in [-0.15, -0.1) is 0 Å². The van der Waals surface area contributed by atoms with Gasteiger partial charge in [-0.3, -0.25) is 4.79 Å². The molecule has 2 aliphatic heterocycles. The number of hydrogen-bond acceptors (Lipinski definition) is 4. The van der Waals surface area contributed by atoms with Crippen molar-refractivity contribution in [3.8, 4) is 0 Å². The van der Waals surface area contributed by atoms with Crippen molar-refractivity contribution in [2.75, 3.05) is 29.5 Å². The summed E-state index contributed by atoms with van der Waals surface area (Å²) in [6.07, 6.45) is 0.760. The van der Waals surface area contributed by atoms with Crippen molar-refractivity contribution >= 4 is 23.9 Å². The van der Waals surface area contributed by atoms with E-state index >= 15 is 0 Å². The molecule has 0 aliphatic carbocycles. The Morgan fingerprint density at radius 1 is 1.33 bits per heavy atom. The number of fused-ring (bicyclic) bond motifs is 1. The first-order valence-corrected chi connectivity index (χ1v) is 6.40. The summed E-state index contributed by atoms with van der Waals surface area (Å²) in [5, 5.41) is 0. The number of carbonyl (C=O) groups excluding carboxylic acids is 1. The van der Waals surface area contributed by atoms with E-state index in [4.69, 9.17) is 4.42 Å². The second-order valence-electron chi connectivity index (χ2n) is 4.26. The highest BCUT2D eigenvalue weighted by Crippen LogP contribution is 2.38. The minimum absolute atomic E-state index is 0.427. The molecule has 3 nitrogen and oxygen atoms in total. The molecule has 0 N–H and O–H groups in total. The van der Waals surface area contributed by atoms with Crippen LogP contribution in [0, 0.1) is 11.8 Å². The molecule has 2 atom stereocenters. The number of nitrogens with zero attached hydrogens (tertiary/aromatic N) is 1. The third-order valence-corrected chi connectivity index (χ3v) is 4.61. The predicted octanol–water partition coefficient (Wildman–Crippen LogP) is 1.89. The molecular formula is C11H13NO2S. The normalized spacial score (nSPS) is 29.5. The first-order chi connectivity index (χ1) is 7.36. The maximum absolute atomic E-state index is 10.5. The Hall–Kier alpha value is -0.900. The lowest BCUT2D eigenvalue weighted by atomic mass is 10.0. The van der Waals surface area contributed by atoms with Gasteiger partial charge in [-0.25, -0.2) is 0 Å². The van der Waals surface area contributed by atoms with Crippen LogP contribution in [-0.2, 0) is 0 Å². The minimum Gasteiger partial charge on any atom is -0.438 e. The number of anilines is 1. The smallest absolute Gasteiger partial charge is 0.196 e. The first kappa shape index (κ1) is 9.33. The Kier molecular flexibility index (Phi) is 2.24. The molecule has 0 amide bonds. The van der Waals surface area contributed by atoms with E-state index in [1.54, 1.807) is 6.07 Å². The number of furan rings is 1. The Labute approximate surface area is 92.8 Å². The molecule has 4 heteroatoms. The van der Waals surface area contributed by atoms with Crippen molar-refractivity contribution in [2.24, 2.45) is 11.8 Å². The van der Waals surface area contributed by atoms with Crippen LogP contribution in [0.2, 0.25) is 0 Å². The molecule has 3 heterocycles. The molecule has 15 heavy (non-hydrogen) atoms. The van der Waals surface area contributed by atoms with Crippen molar-refractivity contribution in [2.45, 2.75) is 0 Å². The van der Waals surface area contributed by atoms with E-state index in [1.165, 1.54) is 11.5 Å². The Balaban J connectivity index is 1.76. The van der Waals surface area contributed by atoms with Crippen LogP contribution in [0.5, 0.6) is 0 Å². The third kappa shape index (κ3) is 1.57. The largest absolute Gasteiger partial charge is 0.438 e. The molecule has 0 saturated carbocycles. The van der Waals surface area contributed by atoms with Crippen LogP contribution in [0.25, 0.3) is 0 Å². The average molecular weight is 223 g/mol. The third-order valence-electron chi connectivity index (χ3n) is 3.28. The van der Waals surface area contributed by atoms with Gasteiger partial charge in [-0.1, -0.05) is 0 Å². The molecule has 0 aromatic carbocycles. The molecule has 2 unspecified atom stereocenters. The molecule has 80 valence electrons. The van der Waals surface area contributed by atoms with E-state index < -0.39 is 0 Å². The summed E-state index contributed by atoms with van der Waals surface area (Å²) in [4.78, 5) is 12.8. The number of rotatable bonds is 2. The van der Waals surface area contributed by atoms with E-state index in [2.05, 4.69) is 16.7 Å². The first-order valence-electron chi connectivity index (χ1n) is 5.24. The molecule has 0 bridgehead atoms. The summed E-state index contributed by atoms with van der Waals surface area (Å²) in [7, 11) is 0. The minimum atomic E-state index is 0.427. The van der Waals surface area contributed by atoms with Crippen molar-refractivity contribution in [1.29, 1.82) is 0 Å². The van der Waals surface area contributed by atoms with Crippen LogP contribution in [0.4, 0.5) is 5.88 Å². The molecule has 0 radical (unpaired) electrons. The second kappa shape index (κ2) is 3.59. The van der Waals surface area contributed by atoms with Crippen molar-refractivity contribution < 1.29 is 9.21 Å². The zero-order chi connectivity index (χ0) is 10.3. The highest BCUT2D eigenvalue weighted by Gasteiger charge is 2.37. The van der Waals surface area contributed by atoms with E-state index in [0.717, 1.165) is 37.1 Å². The summed E-state index contributed by atoms with van der Waals surface area (Å²) in [5.41, 5.74) is 0. The summed E-state index contributed by atoms with van der Waals surface area (Å²) in [6, 6.07) is 3.64. The van der Waals surface area contributed by atoms with Gasteiger partial charge < -0.3 is 9.32 Å².